The summed E-state index contributed by atoms with van der Waals surface area (Å²) in [7, 11) is 0. The van der Waals surface area contributed by atoms with Crippen LogP contribution >= 0.6 is 11.8 Å². The lowest BCUT2D eigenvalue weighted by Gasteiger charge is -2.23. The smallest absolute Gasteiger partial charge is 0.226 e. The van der Waals surface area contributed by atoms with Gasteiger partial charge in [-0.15, -0.1) is 0 Å². The van der Waals surface area contributed by atoms with E-state index < -0.39 is 0 Å². The molecule has 0 saturated carbocycles. The van der Waals surface area contributed by atoms with Crippen LogP contribution in [0.5, 0.6) is 0 Å². The number of carbonyl (C=O) groups is 1. The van der Waals surface area contributed by atoms with Crippen molar-refractivity contribution in [2.45, 2.75) is 25.3 Å². The normalized spacial score (nSPS) is 22.3. The molecule has 114 valence electrons. The molecule has 0 spiro atoms. The van der Waals surface area contributed by atoms with Crippen LogP contribution in [0.4, 0.5) is 11.5 Å². The molecule has 1 unspecified atom stereocenters. The molecule has 0 bridgehead atoms. The summed E-state index contributed by atoms with van der Waals surface area (Å²) in [5.41, 5.74) is 0.841. The number of thioether (sulfide) groups is 1. The van der Waals surface area contributed by atoms with Crippen LogP contribution in [0, 0.1) is 0 Å². The third-order valence-electron chi connectivity index (χ3n) is 3.90. The fourth-order valence-corrected chi connectivity index (χ4v) is 3.80. The lowest BCUT2D eigenvalue weighted by molar-refractivity contribution is -0.116. The van der Waals surface area contributed by atoms with E-state index in [2.05, 4.69) is 20.5 Å². The maximum absolute atomic E-state index is 12.2. The zero-order valence-corrected chi connectivity index (χ0v) is 13.0. The number of hydrogen-bond donors (Lipinski definition) is 2. The summed E-state index contributed by atoms with van der Waals surface area (Å²) in [6.07, 6.45) is 4.73. The number of hydrogen-bond acceptors (Lipinski definition) is 5. The Bertz CT molecular complexity index is 484. The van der Waals surface area contributed by atoms with Gasteiger partial charge in [0.2, 0.25) is 5.91 Å². The summed E-state index contributed by atoms with van der Waals surface area (Å²) in [6.45, 7) is 3.05. The van der Waals surface area contributed by atoms with Crippen molar-refractivity contribution in [1.82, 2.24) is 10.3 Å². The van der Waals surface area contributed by atoms with Crippen molar-refractivity contribution in [3.8, 4) is 0 Å². The molecule has 0 aromatic carbocycles. The van der Waals surface area contributed by atoms with Gasteiger partial charge >= 0.3 is 0 Å². The summed E-state index contributed by atoms with van der Waals surface area (Å²) < 4.78 is 0. The van der Waals surface area contributed by atoms with Crippen LogP contribution < -0.4 is 15.5 Å². The van der Waals surface area contributed by atoms with Crippen LogP contribution in [0.25, 0.3) is 0 Å². The maximum Gasteiger partial charge on any atom is 0.226 e. The molecule has 3 heterocycles. The van der Waals surface area contributed by atoms with Gasteiger partial charge in [0.15, 0.2) is 5.82 Å². The van der Waals surface area contributed by atoms with E-state index in [1.165, 1.54) is 12.8 Å². The van der Waals surface area contributed by atoms with Gasteiger partial charge in [0.05, 0.1) is 5.69 Å². The monoisotopic (exact) mass is 306 g/mol. The first-order chi connectivity index (χ1) is 10.3. The van der Waals surface area contributed by atoms with Gasteiger partial charge < -0.3 is 15.5 Å². The minimum Gasteiger partial charge on any atom is -0.355 e. The summed E-state index contributed by atoms with van der Waals surface area (Å²) in [5.74, 6) is 3.14. The number of carbonyl (C=O) groups excluding carboxylic acids is 1. The van der Waals surface area contributed by atoms with Gasteiger partial charge in [-0.2, -0.15) is 11.8 Å². The summed E-state index contributed by atoms with van der Waals surface area (Å²) >= 11 is 1.91. The molecular weight excluding hydrogens is 284 g/mol. The molecule has 6 heteroatoms. The number of nitrogens with zero attached hydrogens (tertiary/aromatic N) is 2. The van der Waals surface area contributed by atoms with Crippen molar-refractivity contribution < 1.29 is 4.79 Å². The Morgan fingerprint density at radius 2 is 2.33 bits per heavy atom. The van der Waals surface area contributed by atoms with Gasteiger partial charge in [0.25, 0.3) is 0 Å². The topological polar surface area (TPSA) is 57.3 Å². The zero-order valence-electron chi connectivity index (χ0n) is 12.2. The Hall–Kier alpha value is -1.27. The molecule has 2 aliphatic heterocycles. The van der Waals surface area contributed by atoms with Gasteiger partial charge in [-0.05, 0) is 25.0 Å². The second-order valence-corrected chi connectivity index (χ2v) is 6.70. The fraction of sp³-hybridized carbons (Fsp3) is 0.600. The van der Waals surface area contributed by atoms with Crippen LogP contribution in [-0.2, 0) is 4.79 Å². The third-order valence-corrected chi connectivity index (χ3v) is 5.03. The van der Waals surface area contributed by atoms with Crippen LogP contribution in [0.1, 0.15) is 19.3 Å². The van der Waals surface area contributed by atoms with E-state index in [0.717, 1.165) is 42.6 Å². The van der Waals surface area contributed by atoms with Gasteiger partial charge in [-0.3, -0.25) is 4.79 Å². The summed E-state index contributed by atoms with van der Waals surface area (Å²) in [6, 6.07) is 4.11. The Morgan fingerprint density at radius 3 is 3.10 bits per heavy atom. The fourth-order valence-electron chi connectivity index (χ4n) is 2.85. The molecular formula is C15H22N4OS. The van der Waals surface area contributed by atoms with E-state index in [9.17, 15) is 4.79 Å². The second-order valence-electron chi connectivity index (χ2n) is 5.55. The number of nitrogens with one attached hydrogen (secondary N) is 2. The number of aromatic nitrogens is 1. The van der Waals surface area contributed by atoms with E-state index in [1.807, 2.05) is 23.9 Å². The predicted molar refractivity (Wildman–Crippen MR) is 88.0 cm³/mol. The Morgan fingerprint density at radius 1 is 1.48 bits per heavy atom. The highest BCUT2D eigenvalue weighted by atomic mass is 32.2. The third kappa shape index (κ3) is 3.89. The molecule has 5 nitrogen and oxygen atoms in total. The van der Waals surface area contributed by atoms with Gasteiger partial charge in [0, 0.05) is 49.8 Å². The van der Waals surface area contributed by atoms with Gasteiger partial charge in [-0.1, -0.05) is 0 Å². The average molecular weight is 306 g/mol. The highest BCUT2D eigenvalue weighted by Crippen LogP contribution is 2.26. The Balaban J connectivity index is 1.62. The zero-order chi connectivity index (χ0) is 14.5. The molecule has 1 aromatic heterocycles. The van der Waals surface area contributed by atoms with Crippen molar-refractivity contribution in [1.29, 1.82) is 0 Å². The van der Waals surface area contributed by atoms with E-state index >= 15 is 0 Å². The first kappa shape index (κ1) is 14.7. The summed E-state index contributed by atoms with van der Waals surface area (Å²) in [5, 5.41) is 6.44. The largest absolute Gasteiger partial charge is 0.355 e. The lowest BCUT2D eigenvalue weighted by Crippen LogP contribution is -2.40. The van der Waals surface area contributed by atoms with Crippen molar-refractivity contribution >= 4 is 29.2 Å². The van der Waals surface area contributed by atoms with Crippen LogP contribution in [0.15, 0.2) is 18.3 Å². The molecule has 1 atom stereocenters. The van der Waals surface area contributed by atoms with E-state index in [1.54, 1.807) is 6.20 Å². The molecule has 3 rings (SSSR count). The van der Waals surface area contributed by atoms with Crippen molar-refractivity contribution in [2.24, 2.45) is 0 Å². The second kappa shape index (κ2) is 7.13. The first-order valence-electron chi connectivity index (χ1n) is 7.64. The van der Waals surface area contributed by atoms with Crippen LogP contribution in [0.2, 0.25) is 0 Å². The lowest BCUT2D eigenvalue weighted by atomic mass is 10.2. The number of pyridine rings is 1. The van der Waals surface area contributed by atoms with Crippen LogP contribution in [-0.4, -0.2) is 48.1 Å². The molecule has 1 amide bonds. The number of amides is 1. The average Bonchev–Trinajstić information content (AvgIpc) is 3.03. The quantitative estimate of drug-likeness (QED) is 0.887. The molecule has 21 heavy (non-hydrogen) atoms. The van der Waals surface area contributed by atoms with E-state index in [-0.39, 0.29) is 11.9 Å². The molecule has 2 fully saturated rings. The molecule has 1 aromatic rings. The van der Waals surface area contributed by atoms with E-state index in [0.29, 0.717) is 6.42 Å². The first-order valence-corrected chi connectivity index (χ1v) is 8.79. The molecule has 2 aliphatic rings. The molecule has 0 radical (unpaired) electrons. The number of anilines is 2. The standard InChI is InChI=1S/C15H22N4OS/c20-14(10-12-11-21-9-6-16-12)18-13-4-3-5-17-15(13)19-7-1-2-8-19/h3-5,12,16H,1-2,6-11H2,(H,18,20). The Labute approximate surface area is 129 Å². The van der Waals surface area contributed by atoms with Crippen molar-refractivity contribution in [2.75, 3.05) is 41.4 Å². The van der Waals surface area contributed by atoms with Crippen LogP contribution in [0.3, 0.4) is 0 Å². The SMILES string of the molecule is O=C(CC1CSCCN1)Nc1cccnc1N1CCCC1. The minimum atomic E-state index is 0.0726. The van der Waals surface area contributed by atoms with Gasteiger partial charge in [0.1, 0.15) is 0 Å². The molecule has 0 aliphatic carbocycles. The van der Waals surface area contributed by atoms with Gasteiger partial charge in [-0.25, -0.2) is 4.98 Å². The highest BCUT2D eigenvalue weighted by Gasteiger charge is 2.20. The predicted octanol–water partition coefficient (Wildman–Crippen LogP) is 1.72. The molecule has 2 saturated heterocycles. The van der Waals surface area contributed by atoms with Crippen molar-refractivity contribution in [3.05, 3.63) is 18.3 Å². The summed E-state index contributed by atoms with van der Waals surface area (Å²) in [4.78, 5) is 18.9. The van der Waals surface area contributed by atoms with E-state index in [4.69, 9.17) is 0 Å². The maximum atomic E-state index is 12.2. The highest BCUT2D eigenvalue weighted by molar-refractivity contribution is 7.99. The number of rotatable bonds is 4. The van der Waals surface area contributed by atoms with Crippen molar-refractivity contribution in [3.63, 3.8) is 0 Å². The molecule has 2 N–H and O–H groups in total. The minimum absolute atomic E-state index is 0.0726. The Kier molecular flexibility index (Phi) is 4.98.